The lowest BCUT2D eigenvalue weighted by Gasteiger charge is -2.17. The molecule has 0 aromatic heterocycles. The molecule has 0 heterocycles. The quantitative estimate of drug-likeness (QED) is 0.758. The Labute approximate surface area is 128 Å². The molecule has 0 unspecified atom stereocenters. The van der Waals surface area contributed by atoms with E-state index in [1.165, 1.54) is 12.1 Å². The van der Waals surface area contributed by atoms with Crippen LogP contribution in [0.4, 0.5) is 20.6 Å². The molecule has 1 amide bonds. The predicted molar refractivity (Wildman–Crippen MR) is 85.3 cm³/mol. The van der Waals surface area contributed by atoms with Crippen molar-refractivity contribution in [3.63, 3.8) is 0 Å². The van der Waals surface area contributed by atoms with Gasteiger partial charge in [0.1, 0.15) is 5.82 Å². The lowest BCUT2D eigenvalue weighted by atomic mass is 9.97. The molecule has 22 heavy (non-hydrogen) atoms. The summed E-state index contributed by atoms with van der Waals surface area (Å²) in [6, 6.07) is 9.53. The zero-order valence-electron chi connectivity index (χ0n) is 12.4. The smallest absolute Gasteiger partial charge is 0.409 e. The van der Waals surface area contributed by atoms with Gasteiger partial charge >= 0.3 is 6.09 Å². The highest BCUT2D eigenvalue weighted by atomic mass is 19.1. The number of rotatable bonds is 4. The molecule has 0 saturated heterocycles. The van der Waals surface area contributed by atoms with Gasteiger partial charge in [0.2, 0.25) is 0 Å². The number of carbonyl (C=O) groups is 1. The number of hydrogen-bond acceptors (Lipinski definition) is 3. The van der Waals surface area contributed by atoms with Crippen LogP contribution >= 0.6 is 0 Å². The van der Waals surface area contributed by atoms with Gasteiger partial charge in [0.05, 0.1) is 11.4 Å². The molecule has 0 aliphatic rings. The first-order valence-electron chi connectivity index (χ1n) is 6.70. The van der Waals surface area contributed by atoms with Crippen LogP contribution in [0.15, 0.2) is 36.4 Å². The van der Waals surface area contributed by atoms with Crippen LogP contribution in [0.1, 0.15) is 5.56 Å². The molecular weight excluding hydrogens is 285 g/mol. The molecule has 0 radical (unpaired) electrons. The van der Waals surface area contributed by atoms with Gasteiger partial charge in [-0.15, -0.1) is 0 Å². The van der Waals surface area contributed by atoms with E-state index in [9.17, 15) is 9.18 Å². The largest absolute Gasteiger partial charge is 0.465 e. The first-order valence-corrected chi connectivity index (χ1v) is 6.70. The van der Waals surface area contributed by atoms with Crippen molar-refractivity contribution in [2.24, 2.45) is 0 Å². The molecule has 5 nitrogen and oxygen atoms in total. The number of nitrogens with zero attached hydrogens (tertiary/aromatic N) is 1. The van der Waals surface area contributed by atoms with Gasteiger partial charge in [-0.2, -0.15) is 0 Å². The molecule has 0 aliphatic heterocycles. The van der Waals surface area contributed by atoms with E-state index in [4.69, 9.17) is 10.8 Å². The van der Waals surface area contributed by atoms with Gasteiger partial charge in [0.25, 0.3) is 0 Å². The van der Waals surface area contributed by atoms with Crippen LogP contribution in [0.3, 0.4) is 0 Å². The molecule has 4 N–H and O–H groups in total. The van der Waals surface area contributed by atoms with Crippen molar-refractivity contribution in [1.82, 2.24) is 4.90 Å². The summed E-state index contributed by atoms with van der Waals surface area (Å²) in [5, 5.41) is 11.1. The topological polar surface area (TPSA) is 78.6 Å². The maximum atomic E-state index is 13.1. The molecule has 0 atom stereocenters. The Balaban J connectivity index is 2.53. The van der Waals surface area contributed by atoms with E-state index in [0.29, 0.717) is 17.9 Å². The van der Waals surface area contributed by atoms with E-state index in [-0.39, 0.29) is 5.82 Å². The average molecular weight is 303 g/mol. The second-order valence-corrected chi connectivity index (χ2v) is 5.27. The highest BCUT2D eigenvalue weighted by molar-refractivity contribution is 5.90. The van der Waals surface area contributed by atoms with E-state index < -0.39 is 6.09 Å². The molecule has 2 aromatic carbocycles. The third-order valence-corrected chi connectivity index (χ3v) is 3.16. The van der Waals surface area contributed by atoms with Gasteiger partial charge in [-0.3, -0.25) is 5.32 Å². The summed E-state index contributed by atoms with van der Waals surface area (Å²) in [6.45, 7) is 0.599. The first kappa shape index (κ1) is 15.8. The van der Waals surface area contributed by atoms with Crippen molar-refractivity contribution in [2.45, 2.75) is 6.54 Å². The summed E-state index contributed by atoms with van der Waals surface area (Å²) < 4.78 is 13.1. The number of nitrogens with one attached hydrogen (secondary N) is 1. The van der Waals surface area contributed by atoms with E-state index in [2.05, 4.69) is 5.32 Å². The molecule has 0 saturated carbocycles. The molecule has 0 fully saturated rings. The molecule has 2 aromatic rings. The molecule has 0 aliphatic carbocycles. The minimum Gasteiger partial charge on any atom is -0.465 e. The SMILES string of the molecule is CN(C)Cc1cc(NC(=O)O)c(N)cc1-c1ccc(F)cc1. The van der Waals surface area contributed by atoms with Crippen molar-refractivity contribution in [2.75, 3.05) is 25.1 Å². The van der Waals surface area contributed by atoms with E-state index in [1.807, 2.05) is 19.0 Å². The van der Waals surface area contributed by atoms with Crippen molar-refractivity contribution in [3.8, 4) is 11.1 Å². The number of nitrogen functional groups attached to an aromatic ring is 1. The molecule has 6 heteroatoms. The second-order valence-electron chi connectivity index (χ2n) is 5.27. The van der Waals surface area contributed by atoms with Crippen molar-refractivity contribution in [1.29, 1.82) is 0 Å². The fraction of sp³-hybridized carbons (Fsp3) is 0.188. The molecule has 116 valence electrons. The maximum absolute atomic E-state index is 13.1. The standard InChI is InChI=1S/C16H18FN3O2/c1-20(2)9-11-7-15(19-16(21)22)14(18)8-13(11)10-3-5-12(17)6-4-10/h3-8,19H,9,18H2,1-2H3,(H,21,22). The summed E-state index contributed by atoms with van der Waals surface area (Å²) in [6.07, 6.45) is -1.17. The number of halogens is 1. The van der Waals surface area contributed by atoms with Crippen LogP contribution in [0, 0.1) is 5.82 Å². The summed E-state index contributed by atoms with van der Waals surface area (Å²) in [5.41, 5.74) is 9.16. The summed E-state index contributed by atoms with van der Waals surface area (Å²) in [4.78, 5) is 12.8. The lowest BCUT2D eigenvalue weighted by Crippen LogP contribution is -2.14. The average Bonchev–Trinajstić information content (AvgIpc) is 2.42. The van der Waals surface area contributed by atoms with Crippen LogP contribution in [-0.2, 0) is 6.54 Å². The zero-order valence-corrected chi connectivity index (χ0v) is 12.4. The maximum Gasteiger partial charge on any atom is 0.409 e. The Hall–Kier alpha value is -2.60. The van der Waals surface area contributed by atoms with Crippen LogP contribution < -0.4 is 11.1 Å². The number of benzene rings is 2. The molecule has 0 spiro atoms. The van der Waals surface area contributed by atoms with Gasteiger partial charge in [-0.25, -0.2) is 9.18 Å². The third kappa shape index (κ3) is 3.73. The molecule has 2 rings (SSSR count). The van der Waals surface area contributed by atoms with Gasteiger partial charge < -0.3 is 15.7 Å². The number of nitrogens with two attached hydrogens (primary N) is 1. The fourth-order valence-electron chi connectivity index (χ4n) is 2.25. The van der Waals surface area contributed by atoms with Gasteiger partial charge in [0, 0.05) is 6.54 Å². The Bertz CT molecular complexity index is 685. The monoisotopic (exact) mass is 303 g/mol. The van der Waals surface area contributed by atoms with Crippen LogP contribution in [0.5, 0.6) is 0 Å². The number of anilines is 2. The van der Waals surface area contributed by atoms with Crippen molar-refractivity contribution < 1.29 is 14.3 Å². The molecule has 0 bridgehead atoms. The predicted octanol–water partition coefficient (Wildman–Crippen LogP) is 3.23. The highest BCUT2D eigenvalue weighted by Crippen LogP contribution is 2.32. The highest BCUT2D eigenvalue weighted by Gasteiger charge is 2.12. The minimum atomic E-state index is -1.17. The van der Waals surface area contributed by atoms with Gasteiger partial charge in [0.15, 0.2) is 0 Å². The Morgan fingerprint density at radius 2 is 1.91 bits per heavy atom. The van der Waals surface area contributed by atoms with E-state index in [0.717, 1.165) is 16.7 Å². The van der Waals surface area contributed by atoms with Crippen LogP contribution in [0.2, 0.25) is 0 Å². The Morgan fingerprint density at radius 3 is 2.45 bits per heavy atom. The van der Waals surface area contributed by atoms with E-state index in [1.54, 1.807) is 24.3 Å². The second kappa shape index (κ2) is 6.44. The van der Waals surface area contributed by atoms with Crippen LogP contribution in [-0.4, -0.2) is 30.2 Å². The summed E-state index contributed by atoms with van der Waals surface area (Å²) in [7, 11) is 3.82. The zero-order chi connectivity index (χ0) is 16.3. The first-order chi connectivity index (χ1) is 10.4. The molecular formula is C16H18FN3O2. The van der Waals surface area contributed by atoms with Gasteiger partial charge in [-0.05, 0) is 55.1 Å². The third-order valence-electron chi connectivity index (χ3n) is 3.16. The lowest BCUT2D eigenvalue weighted by molar-refractivity contribution is 0.210. The van der Waals surface area contributed by atoms with Crippen LogP contribution in [0.25, 0.3) is 11.1 Å². The normalized spacial score (nSPS) is 10.7. The van der Waals surface area contributed by atoms with Crippen molar-refractivity contribution in [3.05, 3.63) is 47.8 Å². The van der Waals surface area contributed by atoms with E-state index >= 15 is 0 Å². The Morgan fingerprint density at radius 1 is 1.27 bits per heavy atom. The Kier molecular flexibility index (Phi) is 4.62. The number of carboxylic acid groups (broad SMARTS) is 1. The number of amides is 1. The minimum absolute atomic E-state index is 0.310. The van der Waals surface area contributed by atoms with Crippen molar-refractivity contribution >= 4 is 17.5 Å². The van der Waals surface area contributed by atoms with Gasteiger partial charge in [-0.1, -0.05) is 12.1 Å². The summed E-state index contributed by atoms with van der Waals surface area (Å²) in [5.74, 6) is -0.310. The fourth-order valence-corrected chi connectivity index (χ4v) is 2.25. The number of hydrogen-bond donors (Lipinski definition) is 3. The summed E-state index contributed by atoms with van der Waals surface area (Å²) >= 11 is 0.